The van der Waals surface area contributed by atoms with Crippen LogP contribution in [0.2, 0.25) is 5.02 Å². The van der Waals surface area contributed by atoms with E-state index in [-0.39, 0.29) is 30.0 Å². The fourth-order valence-electron chi connectivity index (χ4n) is 4.78. The third-order valence-electron chi connectivity index (χ3n) is 6.29. The van der Waals surface area contributed by atoms with E-state index in [1.807, 2.05) is 78.6 Å². The molecule has 0 radical (unpaired) electrons. The van der Waals surface area contributed by atoms with E-state index >= 15 is 0 Å². The fourth-order valence-corrected chi connectivity index (χ4v) is 4.91. The number of nitrogens with zero attached hydrogens (tertiary/aromatic N) is 1. The Balaban J connectivity index is 1.63. The van der Waals surface area contributed by atoms with E-state index in [9.17, 15) is 4.79 Å². The molecule has 4 atom stereocenters. The first-order chi connectivity index (χ1) is 15.1. The van der Waals surface area contributed by atoms with Crippen molar-refractivity contribution in [3.05, 3.63) is 94.5 Å². The van der Waals surface area contributed by atoms with Crippen LogP contribution in [-0.2, 0) is 4.79 Å². The highest BCUT2D eigenvalue weighted by Crippen LogP contribution is 2.49. The average molecular weight is 434 g/mol. The first-order valence-corrected chi connectivity index (χ1v) is 10.7. The smallest absolute Gasteiger partial charge is 0.246 e. The summed E-state index contributed by atoms with van der Waals surface area (Å²) in [5.74, 6) is 0.826. The lowest BCUT2D eigenvalue weighted by molar-refractivity contribution is -0.119. The second kappa shape index (κ2) is 8.00. The summed E-state index contributed by atoms with van der Waals surface area (Å²) in [4.78, 5) is 15.5. The maximum atomic E-state index is 13.6. The molecule has 31 heavy (non-hydrogen) atoms. The van der Waals surface area contributed by atoms with Crippen LogP contribution in [0, 0.1) is 12.8 Å². The van der Waals surface area contributed by atoms with Gasteiger partial charge >= 0.3 is 0 Å². The number of halogens is 1. The van der Waals surface area contributed by atoms with Gasteiger partial charge in [-0.3, -0.25) is 4.79 Å². The predicted octanol–water partition coefficient (Wildman–Crippen LogP) is 4.58. The number of hydrogen-bond acceptors (Lipinski definition) is 4. The molecule has 2 N–H and O–H groups in total. The number of carbonyl (C=O) groups excluding carboxylic acids is 1. The number of hydrogen-bond donors (Lipinski definition) is 2. The molecule has 0 bridgehead atoms. The number of hydrazine groups is 1. The van der Waals surface area contributed by atoms with E-state index in [0.717, 1.165) is 28.1 Å². The van der Waals surface area contributed by atoms with E-state index in [0.29, 0.717) is 5.02 Å². The Bertz CT molecular complexity index is 1100. The average Bonchev–Trinajstić information content (AvgIpc) is 3.34. The molecular formula is C25H24ClN3O2. The van der Waals surface area contributed by atoms with Crippen LogP contribution in [-0.4, -0.2) is 19.1 Å². The number of nitrogens with one attached hydrogen (secondary N) is 2. The maximum Gasteiger partial charge on any atom is 0.246 e. The highest BCUT2D eigenvalue weighted by atomic mass is 35.5. The number of rotatable bonds is 4. The number of anilines is 1. The third kappa shape index (κ3) is 3.49. The van der Waals surface area contributed by atoms with Crippen LogP contribution in [0.1, 0.15) is 28.8 Å². The second-order valence-electron chi connectivity index (χ2n) is 8.14. The lowest BCUT2D eigenvalue weighted by Gasteiger charge is -2.31. The maximum absolute atomic E-state index is 13.6. The minimum absolute atomic E-state index is 0.0120. The number of benzene rings is 3. The normalized spacial score (nSPS) is 25.0. The summed E-state index contributed by atoms with van der Waals surface area (Å²) in [7, 11) is 1.66. The number of aryl methyl sites for hydroxylation is 1. The Morgan fingerprint density at radius 2 is 1.61 bits per heavy atom. The largest absolute Gasteiger partial charge is 0.497 e. The van der Waals surface area contributed by atoms with Gasteiger partial charge in [0, 0.05) is 16.6 Å². The zero-order valence-corrected chi connectivity index (χ0v) is 18.1. The molecule has 3 aromatic carbocycles. The van der Waals surface area contributed by atoms with Crippen molar-refractivity contribution in [3.63, 3.8) is 0 Å². The molecule has 2 saturated heterocycles. The van der Waals surface area contributed by atoms with Crippen molar-refractivity contribution in [1.29, 1.82) is 0 Å². The van der Waals surface area contributed by atoms with E-state index in [4.69, 9.17) is 16.3 Å². The first kappa shape index (κ1) is 20.1. The Labute approximate surface area is 186 Å². The van der Waals surface area contributed by atoms with Crippen molar-refractivity contribution in [2.45, 2.75) is 25.0 Å². The van der Waals surface area contributed by atoms with Gasteiger partial charge in [-0.15, -0.1) is 0 Å². The van der Waals surface area contributed by atoms with Crippen molar-refractivity contribution in [1.82, 2.24) is 10.9 Å². The summed E-state index contributed by atoms with van der Waals surface area (Å²) in [6, 6.07) is 23.4. The molecule has 0 aliphatic carbocycles. The number of amides is 1. The summed E-state index contributed by atoms with van der Waals surface area (Å²) in [5, 5.41) is 0.694. The van der Waals surface area contributed by atoms with Crippen molar-refractivity contribution in [2.75, 3.05) is 12.0 Å². The highest BCUT2D eigenvalue weighted by Gasteiger charge is 2.56. The highest BCUT2D eigenvalue weighted by molar-refractivity contribution is 6.30. The van der Waals surface area contributed by atoms with E-state index in [1.165, 1.54) is 0 Å². The Morgan fingerprint density at radius 1 is 0.903 bits per heavy atom. The summed E-state index contributed by atoms with van der Waals surface area (Å²) in [6.07, 6.45) is 0. The SMILES string of the molecule is COc1cccc(C2C3C(NNC3c3ccc(Cl)cc3)C(=O)N2c2ccc(C)cc2)c1. The van der Waals surface area contributed by atoms with Gasteiger partial charge in [-0.25, -0.2) is 10.9 Å². The molecule has 5 rings (SSSR count). The van der Waals surface area contributed by atoms with Crippen molar-refractivity contribution in [2.24, 2.45) is 5.92 Å². The number of carbonyl (C=O) groups is 1. The molecule has 2 aliphatic heterocycles. The molecule has 158 valence electrons. The van der Waals surface area contributed by atoms with Crippen LogP contribution in [0.4, 0.5) is 5.69 Å². The zero-order valence-electron chi connectivity index (χ0n) is 17.4. The quantitative estimate of drug-likeness (QED) is 0.632. The molecule has 1 amide bonds. The monoisotopic (exact) mass is 433 g/mol. The van der Waals surface area contributed by atoms with Crippen LogP contribution >= 0.6 is 11.6 Å². The summed E-state index contributed by atoms with van der Waals surface area (Å²) >= 11 is 6.11. The molecule has 0 spiro atoms. The minimum Gasteiger partial charge on any atom is -0.497 e. The van der Waals surface area contributed by atoms with E-state index in [1.54, 1.807) is 7.11 Å². The molecule has 6 heteroatoms. The van der Waals surface area contributed by atoms with Gasteiger partial charge in [0.15, 0.2) is 0 Å². The van der Waals surface area contributed by atoms with Crippen molar-refractivity contribution < 1.29 is 9.53 Å². The van der Waals surface area contributed by atoms with Gasteiger partial charge in [0.1, 0.15) is 11.8 Å². The first-order valence-electron chi connectivity index (χ1n) is 10.4. The van der Waals surface area contributed by atoms with Gasteiger partial charge in [-0.2, -0.15) is 0 Å². The zero-order chi connectivity index (χ0) is 21.5. The van der Waals surface area contributed by atoms with Crippen LogP contribution in [0.25, 0.3) is 0 Å². The minimum atomic E-state index is -0.335. The standard InChI is InChI=1S/C25H24ClN3O2/c1-15-6-12-19(13-7-15)29-24(17-4-3-5-20(14-17)31-2)21-22(27-28-23(21)25(29)30)16-8-10-18(26)11-9-16/h3-14,21-24,27-28H,1-2H3. The van der Waals surface area contributed by atoms with Gasteiger partial charge in [-0.1, -0.05) is 53.6 Å². The van der Waals surface area contributed by atoms with Gasteiger partial charge < -0.3 is 9.64 Å². The van der Waals surface area contributed by atoms with Crippen molar-refractivity contribution in [3.8, 4) is 5.75 Å². The number of ether oxygens (including phenoxy) is 1. The number of fused-ring (bicyclic) bond motifs is 1. The summed E-state index contributed by atoms with van der Waals surface area (Å²) in [6.45, 7) is 2.05. The molecule has 5 nitrogen and oxygen atoms in total. The van der Waals surface area contributed by atoms with Gasteiger partial charge in [0.05, 0.1) is 19.2 Å². The summed E-state index contributed by atoms with van der Waals surface area (Å²) < 4.78 is 5.48. The molecular weight excluding hydrogens is 410 g/mol. The molecule has 2 fully saturated rings. The Hall–Kier alpha value is -2.86. The van der Waals surface area contributed by atoms with Crippen LogP contribution in [0.3, 0.4) is 0 Å². The van der Waals surface area contributed by atoms with Gasteiger partial charge in [0.25, 0.3) is 0 Å². The Kier molecular flexibility index (Phi) is 5.18. The predicted molar refractivity (Wildman–Crippen MR) is 122 cm³/mol. The van der Waals surface area contributed by atoms with E-state index in [2.05, 4.69) is 16.9 Å². The molecule has 0 saturated carbocycles. The summed E-state index contributed by atoms with van der Waals surface area (Å²) in [5.41, 5.74) is 10.8. The lowest BCUT2D eigenvalue weighted by Crippen LogP contribution is -2.41. The van der Waals surface area contributed by atoms with Crippen LogP contribution in [0.5, 0.6) is 5.75 Å². The topological polar surface area (TPSA) is 53.6 Å². The number of methoxy groups -OCH3 is 1. The third-order valence-corrected chi connectivity index (χ3v) is 6.54. The van der Waals surface area contributed by atoms with Crippen molar-refractivity contribution >= 4 is 23.2 Å². The Morgan fingerprint density at radius 3 is 2.32 bits per heavy atom. The van der Waals surface area contributed by atoms with Gasteiger partial charge in [0.2, 0.25) is 5.91 Å². The second-order valence-corrected chi connectivity index (χ2v) is 8.57. The molecule has 2 aliphatic rings. The molecule has 2 heterocycles. The van der Waals surface area contributed by atoms with Crippen LogP contribution < -0.4 is 20.5 Å². The van der Waals surface area contributed by atoms with Crippen LogP contribution in [0.15, 0.2) is 72.8 Å². The fraction of sp³-hybridized carbons (Fsp3) is 0.240. The van der Waals surface area contributed by atoms with E-state index < -0.39 is 0 Å². The lowest BCUT2D eigenvalue weighted by atomic mass is 9.83. The van der Waals surface area contributed by atoms with Gasteiger partial charge in [-0.05, 0) is 54.4 Å². The molecule has 3 aromatic rings. The molecule has 4 unspecified atom stereocenters. The molecule has 0 aromatic heterocycles.